The number of phenols is 2. The molecule has 2 aliphatic rings. The molecule has 0 saturated carbocycles. The maximum Gasteiger partial charge on any atom is 2.00 e. The van der Waals surface area contributed by atoms with Gasteiger partial charge in [-0.3, -0.25) is 15.0 Å². The minimum atomic E-state index is -0.283. The van der Waals surface area contributed by atoms with Crippen LogP contribution in [0.1, 0.15) is 37.4 Å². The van der Waals surface area contributed by atoms with E-state index in [-0.39, 0.29) is 43.4 Å². The van der Waals surface area contributed by atoms with Gasteiger partial charge in [0.25, 0.3) is 0 Å². The molecule has 16 heteroatoms. The quantitative estimate of drug-likeness (QED) is 0.102. The first-order valence-corrected chi connectivity index (χ1v) is 18.5. The molecule has 286 valence electrons. The molecule has 55 heavy (non-hydrogen) atoms. The molecule has 2 fully saturated rings. The van der Waals surface area contributed by atoms with E-state index in [1.54, 1.807) is 73.6 Å². The van der Waals surface area contributed by atoms with Crippen LogP contribution in [0.4, 0.5) is 0 Å². The van der Waals surface area contributed by atoms with Crippen LogP contribution in [-0.2, 0) is 54.2 Å². The summed E-state index contributed by atoms with van der Waals surface area (Å²) in [5.74, 6) is 1.12. The zero-order chi connectivity index (χ0) is 39.0. The van der Waals surface area contributed by atoms with Gasteiger partial charge in [-0.05, 0) is 74.5 Å². The Morgan fingerprint density at radius 2 is 0.964 bits per heavy atom. The molecule has 2 aliphatic heterocycles. The average Bonchev–Trinajstić information content (AvgIpc) is 3.92. The smallest absolute Gasteiger partial charge is 0.504 e. The average molecular weight is 871 g/mol. The van der Waals surface area contributed by atoms with Crippen molar-refractivity contribution in [1.29, 1.82) is 0 Å². The van der Waals surface area contributed by atoms with Crippen molar-refractivity contribution in [1.82, 2.24) is 24.8 Å². The Morgan fingerprint density at radius 3 is 1.20 bits per heavy atom. The maximum atomic E-state index is 9.66. The van der Waals surface area contributed by atoms with Gasteiger partial charge in [0.05, 0.1) is 26.4 Å². The normalized spacial score (nSPS) is 15.0. The van der Waals surface area contributed by atoms with Crippen molar-refractivity contribution in [3.05, 3.63) is 139 Å². The zero-order valence-electron chi connectivity index (χ0n) is 30.6. The summed E-state index contributed by atoms with van der Waals surface area (Å²) in [7, 11) is 0. The Morgan fingerprint density at radius 1 is 0.636 bits per heavy atom. The molecule has 0 spiro atoms. The molecule has 0 radical (unpaired) electrons. The number of hydrogen-bond donors (Lipinski definition) is 2. The Bertz CT molecular complexity index is 1550. The molecule has 0 amide bonds. The third-order valence-corrected chi connectivity index (χ3v) is 8.03. The Labute approximate surface area is 357 Å². The van der Waals surface area contributed by atoms with Crippen LogP contribution in [0.3, 0.4) is 0 Å². The second-order valence-electron chi connectivity index (χ2n) is 10.8. The third-order valence-electron chi connectivity index (χ3n) is 7.09. The van der Waals surface area contributed by atoms with E-state index < -0.39 is 0 Å². The number of rotatable bonds is 6. The molecule has 0 aliphatic carbocycles. The largest absolute Gasteiger partial charge is 2.00 e. The van der Waals surface area contributed by atoms with Gasteiger partial charge >= 0.3 is 19.5 Å². The predicted octanol–water partition coefficient (Wildman–Crippen LogP) is 7.15. The van der Waals surface area contributed by atoms with E-state index in [1.165, 1.54) is 0 Å². The number of nitrogens with zero attached hydrogens (tertiary/aromatic N) is 5. The first-order chi connectivity index (χ1) is 26.3. The van der Waals surface area contributed by atoms with Crippen LogP contribution < -0.4 is 9.47 Å². The van der Waals surface area contributed by atoms with Gasteiger partial charge in [0, 0.05) is 61.4 Å². The van der Waals surface area contributed by atoms with Crippen LogP contribution in [-0.4, -0.2) is 83.1 Å². The number of pyridine rings is 3. The summed E-state index contributed by atoms with van der Waals surface area (Å²) >= 11 is 20.1. The molecule has 5 aromatic rings. The molecule has 3 aromatic heterocycles. The zero-order valence-corrected chi connectivity index (χ0v) is 36.9. The summed E-state index contributed by atoms with van der Waals surface area (Å²) in [6, 6.07) is 27.4. The van der Waals surface area contributed by atoms with Crippen LogP contribution in [0.15, 0.2) is 128 Å². The number of benzene rings is 2. The molecule has 0 bridgehead atoms. The second kappa shape index (κ2) is 27.4. The Kier molecular flexibility index (Phi) is 23.4. The third kappa shape index (κ3) is 17.0. The molecule has 2 unspecified atom stereocenters. The summed E-state index contributed by atoms with van der Waals surface area (Å²) < 4.78 is 22.7. The van der Waals surface area contributed by atoms with Gasteiger partial charge in [-0.15, -0.1) is 0 Å². The van der Waals surface area contributed by atoms with Gasteiger partial charge < -0.3 is 88.7 Å². The molecule has 2 saturated heterocycles. The van der Waals surface area contributed by atoms with Crippen molar-refractivity contribution < 1.29 is 48.6 Å². The fraction of sp³-hybridized carbons (Fsp3) is 0.256. The van der Waals surface area contributed by atoms with Gasteiger partial charge in [0.15, 0.2) is 35.5 Å². The van der Waals surface area contributed by atoms with Gasteiger partial charge in [0.2, 0.25) is 0 Å². The minimum absolute atomic E-state index is 0. The monoisotopic (exact) mass is 869 g/mol. The van der Waals surface area contributed by atoms with Crippen molar-refractivity contribution >= 4 is 58.3 Å². The van der Waals surface area contributed by atoms with Gasteiger partial charge in [-0.25, -0.2) is 0 Å². The molecule has 2 atom stereocenters. The Balaban J connectivity index is 0.000000260. The van der Waals surface area contributed by atoms with Crippen LogP contribution in [0.2, 0.25) is 0 Å². The maximum absolute atomic E-state index is 9.66. The summed E-state index contributed by atoms with van der Waals surface area (Å²) in [4.78, 5) is 15.0. The van der Waals surface area contributed by atoms with Gasteiger partial charge in [-0.2, -0.15) is 0 Å². The predicted molar refractivity (Wildman–Crippen MR) is 222 cm³/mol. The van der Waals surface area contributed by atoms with Crippen molar-refractivity contribution in [2.75, 3.05) is 39.5 Å². The summed E-state index contributed by atoms with van der Waals surface area (Å²) in [6.45, 7) is 7.28. The Hall–Kier alpha value is -4.15. The van der Waals surface area contributed by atoms with Crippen LogP contribution in [0.5, 0.6) is 23.0 Å². The van der Waals surface area contributed by atoms with E-state index in [2.05, 4.69) is 15.0 Å². The number of aromatic hydroxyl groups is 2. The first kappa shape index (κ1) is 47.0. The van der Waals surface area contributed by atoms with Crippen LogP contribution in [0.25, 0.3) is 0 Å². The van der Waals surface area contributed by atoms with Crippen molar-refractivity contribution in [2.45, 2.75) is 26.3 Å². The topological polar surface area (TPSA) is 123 Å². The van der Waals surface area contributed by atoms with Crippen molar-refractivity contribution in [3.8, 4) is 23.0 Å². The fourth-order valence-corrected chi connectivity index (χ4v) is 5.46. The summed E-state index contributed by atoms with van der Waals surface area (Å²) in [6.07, 6.45) is 9.93. The number of aromatic nitrogens is 3. The SMILES string of the molecule is CCOc1cc(C2OCCN2C(=S)[S-])ccc1O.CCOc1cc(C2OCCN2C(=S)[S-])ccc1O.[Zn+2].c1ccncc1.c1ccncc1.c1ccncc1. The number of hydrogen-bond acceptors (Lipinski definition) is 13. The van der Waals surface area contributed by atoms with Gasteiger partial charge in [0.1, 0.15) is 0 Å². The molecule has 7 rings (SSSR count). The molecule has 11 nitrogen and oxygen atoms in total. The van der Waals surface area contributed by atoms with E-state index in [9.17, 15) is 10.2 Å². The van der Waals surface area contributed by atoms with E-state index >= 15 is 0 Å². The second-order valence-corrected chi connectivity index (χ2v) is 12.8. The van der Waals surface area contributed by atoms with E-state index in [4.69, 9.17) is 68.6 Å². The minimum Gasteiger partial charge on any atom is -0.504 e. The van der Waals surface area contributed by atoms with Crippen molar-refractivity contribution in [3.63, 3.8) is 0 Å². The summed E-state index contributed by atoms with van der Waals surface area (Å²) in [5, 5.41) is 19.3. The summed E-state index contributed by atoms with van der Waals surface area (Å²) in [5.41, 5.74) is 1.75. The molecular weight excluding hydrogens is 828 g/mol. The van der Waals surface area contributed by atoms with E-state index in [1.807, 2.05) is 78.2 Å². The molecular formula is C39H43N5O6S4Zn. The molecule has 2 aromatic carbocycles. The molecule has 5 heterocycles. The number of phenolic OH excluding ortho intramolecular Hbond substituents is 2. The van der Waals surface area contributed by atoms with E-state index in [0.29, 0.717) is 59.7 Å². The van der Waals surface area contributed by atoms with Crippen molar-refractivity contribution in [2.24, 2.45) is 0 Å². The molecule has 2 N–H and O–H groups in total. The number of thiocarbonyl (C=S) groups is 2. The van der Waals surface area contributed by atoms with E-state index in [0.717, 1.165) is 11.1 Å². The standard InChI is InChI=1S/2C12H15NO3S2.3C5H5N.Zn/c2*1-2-15-10-7-8(3-4-9(10)14)11-13(12(17)18)5-6-16-11;3*1-2-4-6-5-3-1;/h2*3-4,7,11,14H,2,5-6H2,1H3,(H,17,18);3*1-5H;/q;;;;;+2/p-2. The van der Waals surface area contributed by atoms with Crippen LogP contribution >= 0.6 is 24.4 Å². The van der Waals surface area contributed by atoms with Gasteiger partial charge in [-0.1, -0.05) is 39.0 Å². The van der Waals surface area contributed by atoms with Crippen LogP contribution in [0, 0.1) is 0 Å². The first-order valence-electron chi connectivity index (χ1n) is 16.9. The fourth-order valence-electron chi connectivity index (χ4n) is 4.71. The number of ether oxygens (including phenoxy) is 4.